The van der Waals surface area contributed by atoms with Crippen LogP contribution >= 0.6 is 0 Å². The van der Waals surface area contributed by atoms with Gasteiger partial charge in [0.25, 0.3) is 0 Å². The van der Waals surface area contributed by atoms with Gasteiger partial charge in [-0.3, -0.25) is 0 Å². The van der Waals surface area contributed by atoms with Crippen molar-refractivity contribution in [2.45, 2.75) is 66.6 Å². The van der Waals surface area contributed by atoms with Crippen molar-refractivity contribution in [3.8, 4) is 11.8 Å². The number of esters is 2. The van der Waals surface area contributed by atoms with Gasteiger partial charge in [0.1, 0.15) is 24.6 Å². The van der Waals surface area contributed by atoms with Gasteiger partial charge in [-0.1, -0.05) is 88.4 Å². The van der Waals surface area contributed by atoms with Gasteiger partial charge in [-0.05, 0) is 70.9 Å². The number of rotatable bonds is 10. The normalized spacial score (nSPS) is 10.6. The first-order valence-electron chi connectivity index (χ1n) is 13.9. The number of ether oxygens (including phenoxy) is 2. The molecule has 4 rings (SSSR count). The van der Waals surface area contributed by atoms with Gasteiger partial charge in [0.15, 0.2) is 0 Å². The van der Waals surface area contributed by atoms with Crippen molar-refractivity contribution in [2.75, 3.05) is 0 Å². The van der Waals surface area contributed by atoms with Crippen molar-refractivity contribution in [3.05, 3.63) is 117 Å². The number of nitrogens with one attached hydrogen (secondary N) is 2. The van der Waals surface area contributed by atoms with E-state index in [9.17, 15) is 9.59 Å². The maximum absolute atomic E-state index is 13.0. The Morgan fingerprint density at radius 2 is 0.925 bits per heavy atom. The van der Waals surface area contributed by atoms with Gasteiger partial charge in [0.05, 0.1) is 11.4 Å². The summed E-state index contributed by atoms with van der Waals surface area (Å²) in [5, 5.41) is 0. The Labute approximate surface area is 236 Å². The monoisotopic (exact) mass is 536 g/mol. The fraction of sp³-hybridized carbons (Fsp3) is 0.294. The third kappa shape index (κ3) is 6.38. The topological polar surface area (TPSA) is 84.2 Å². The van der Waals surface area contributed by atoms with Crippen LogP contribution in [-0.2, 0) is 48.4 Å². The maximum Gasteiger partial charge on any atom is 0.355 e. The number of H-pyrrole nitrogens is 2. The van der Waals surface area contributed by atoms with Crippen LogP contribution in [-0.4, -0.2) is 21.9 Å². The molecule has 6 heteroatoms. The molecule has 2 aromatic carbocycles. The number of carbonyl (C=O) groups excluding carboxylic acids is 2. The SMILES string of the molecule is CCc1c(C#Cc2[nH]c(C(=O)OCc3ccccc3)c(CC)c2CC)[nH]c(C(=O)OCc2ccccc2)c1CC. The van der Waals surface area contributed by atoms with Gasteiger partial charge in [-0.25, -0.2) is 9.59 Å². The van der Waals surface area contributed by atoms with Gasteiger partial charge in [0.2, 0.25) is 0 Å². The summed E-state index contributed by atoms with van der Waals surface area (Å²) in [6.07, 6.45) is 2.80. The summed E-state index contributed by atoms with van der Waals surface area (Å²) in [5.41, 5.74) is 7.98. The van der Waals surface area contributed by atoms with Gasteiger partial charge in [0, 0.05) is 0 Å². The molecule has 2 aromatic heterocycles. The Morgan fingerprint density at radius 3 is 1.25 bits per heavy atom. The highest BCUT2D eigenvalue weighted by atomic mass is 16.5. The molecule has 0 unspecified atom stereocenters. The molecule has 0 fully saturated rings. The molecule has 0 bridgehead atoms. The van der Waals surface area contributed by atoms with Crippen LogP contribution in [0.4, 0.5) is 0 Å². The van der Waals surface area contributed by atoms with E-state index in [4.69, 9.17) is 9.47 Å². The predicted molar refractivity (Wildman–Crippen MR) is 156 cm³/mol. The van der Waals surface area contributed by atoms with Crippen LogP contribution in [0, 0.1) is 11.8 Å². The first kappa shape index (κ1) is 28.5. The second kappa shape index (κ2) is 13.5. The molecule has 4 aromatic rings. The van der Waals surface area contributed by atoms with Crippen LogP contribution in [0.1, 0.15) is 93.4 Å². The van der Waals surface area contributed by atoms with Crippen molar-refractivity contribution in [1.82, 2.24) is 9.97 Å². The lowest BCUT2D eigenvalue weighted by Crippen LogP contribution is -2.08. The maximum atomic E-state index is 13.0. The Hall–Kier alpha value is -4.50. The van der Waals surface area contributed by atoms with E-state index in [2.05, 4.69) is 35.7 Å². The summed E-state index contributed by atoms with van der Waals surface area (Å²) in [7, 11) is 0. The van der Waals surface area contributed by atoms with E-state index in [0.29, 0.717) is 35.6 Å². The van der Waals surface area contributed by atoms with Crippen LogP contribution in [0.25, 0.3) is 0 Å². The summed E-state index contributed by atoms with van der Waals surface area (Å²) in [6, 6.07) is 19.2. The standard InChI is InChI=1S/C34H36N2O4/c1-5-25-27(7-3)31(33(37)39-21-23-15-11-9-12-16-23)35-29(25)19-20-30-26(6-2)28(8-4)32(36-30)34(38)40-22-24-17-13-10-14-18-24/h9-18,35-36H,5-8,21-22H2,1-4H3. The fourth-order valence-corrected chi connectivity index (χ4v) is 4.99. The zero-order valence-corrected chi connectivity index (χ0v) is 23.6. The average molecular weight is 537 g/mol. The number of benzene rings is 2. The molecule has 0 amide bonds. The summed E-state index contributed by atoms with van der Waals surface area (Å²) < 4.78 is 11.2. The number of hydrogen-bond donors (Lipinski definition) is 2. The molecular weight excluding hydrogens is 500 g/mol. The fourth-order valence-electron chi connectivity index (χ4n) is 4.99. The Kier molecular flexibility index (Phi) is 9.64. The van der Waals surface area contributed by atoms with E-state index in [1.54, 1.807) is 0 Å². The lowest BCUT2D eigenvalue weighted by atomic mass is 10.0. The largest absolute Gasteiger partial charge is 0.456 e. The quantitative estimate of drug-likeness (QED) is 0.174. The van der Waals surface area contributed by atoms with E-state index in [-0.39, 0.29) is 13.2 Å². The number of aromatic amines is 2. The molecule has 6 nitrogen and oxygen atoms in total. The minimum atomic E-state index is -0.394. The average Bonchev–Trinajstić information content (AvgIpc) is 3.55. The highest BCUT2D eigenvalue weighted by molar-refractivity contribution is 5.91. The van der Waals surface area contributed by atoms with E-state index in [0.717, 1.165) is 46.2 Å². The van der Waals surface area contributed by atoms with Crippen molar-refractivity contribution in [1.29, 1.82) is 0 Å². The molecule has 0 atom stereocenters. The highest BCUT2D eigenvalue weighted by Gasteiger charge is 2.22. The second-order valence-corrected chi connectivity index (χ2v) is 9.45. The molecule has 2 N–H and O–H groups in total. The molecule has 206 valence electrons. The van der Waals surface area contributed by atoms with Crippen molar-refractivity contribution in [2.24, 2.45) is 0 Å². The molecule has 0 saturated heterocycles. The summed E-state index contributed by atoms with van der Waals surface area (Å²) in [4.78, 5) is 32.5. The van der Waals surface area contributed by atoms with E-state index in [1.807, 2.05) is 74.5 Å². The van der Waals surface area contributed by atoms with Crippen molar-refractivity contribution < 1.29 is 19.1 Å². The molecule has 0 spiro atoms. The first-order chi connectivity index (χ1) is 19.5. The van der Waals surface area contributed by atoms with Gasteiger partial charge in [-0.2, -0.15) is 0 Å². The summed E-state index contributed by atoms with van der Waals surface area (Å²) >= 11 is 0. The molecule has 2 heterocycles. The molecule has 0 aliphatic carbocycles. The van der Waals surface area contributed by atoms with Crippen molar-refractivity contribution in [3.63, 3.8) is 0 Å². The Morgan fingerprint density at radius 1 is 0.575 bits per heavy atom. The van der Waals surface area contributed by atoms with Gasteiger partial charge >= 0.3 is 11.9 Å². The van der Waals surface area contributed by atoms with E-state index >= 15 is 0 Å². The summed E-state index contributed by atoms with van der Waals surface area (Å²) in [6.45, 7) is 8.55. The minimum absolute atomic E-state index is 0.204. The number of carbonyl (C=O) groups is 2. The Bertz CT molecular complexity index is 1410. The number of aromatic nitrogens is 2. The minimum Gasteiger partial charge on any atom is -0.456 e. The molecule has 0 aliphatic rings. The van der Waals surface area contributed by atoms with Crippen LogP contribution < -0.4 is 0 Å². The smallest absolute Gasteiger partial charge is 0.355 e. The number of hydrogen-bond acceptors (Lipinski definition) is 4. The zero-order chi connectivity index (χ0) is 28.5. The molecule has 0 saturated carbocycles. The van der Waals surface area contributed by atoms with Crippen LogP contribution in [0.15, 0.2) is 60.7 Å². The van der Waals surface area contributed by atoms with Gasteiger partial charge in [-0.15, -0.1) is 0 Å². The molecule has 0 aliphatic heterocycles. The van der Waals surface area contributed by atoms with Gasteiger partial charge < -0.3 is 19.4 Å². The molecule has 40 heavy (non-hydrogen) atoms. The second-order valence-electron chi connectivity index (χ2n) is 9.45. The van der Waals surface area contributed by atoms with E-state index in [1.165, 1.54) is 0 Å². The van der Waals surface area contributed by atoms with Crippen LogP contribution in [0.2, 0.25) is 0 Å². The highest BCUT2D eigenvalue weighted by Crippen LogP contribution is 2.24. The molecule has 0 radical (unpaired) electrons. The Balaban J connectivity index is 1.61. The first-order valence-corrected chi connectivity index (χ1v) is 13.9. The lowest BCUT2D eigenvalue weighted by Gasteiger charge is -2.06. The summed E-state index contributed by atoms with van der Waals surface area (Å²) in [5.74, 6) is 5.70. The third-order valence-electron chi connectivity index (χ3n) is 7.00. The predicted octanol–water partition coefficient (Wildman–Crippen LogP) is 6.71. The van der Waals surface area contributed by atoms with Crippen LogP contribution in [0.5, 0.6) is 0 Å². The van der Waals surface area contributed by atoms with Crippen molar-refractivity contribution >= 4 is 11.9 Å². The zero-order valence-electron chi connectivity index (χ0n) is 23.6. The lowest BCUT2D eigenvalue weighted by molar-refractivity contribution is 0.0456. The van der Waals surface area contributed by atoms with E-state index < -0.39 is 11.9 Å². The van der Waals surface area contributed by atoms with Crippen LogP contribution in [0.3, 0.4) is 0 Å². The molecular formula is C34H36N2O4. The third-order valence-corrected chi connectivity index (χ3v) is 7.00.